The zero-order valence-corrected chi connectivity index (χ0v) is 12.6. The van der Waals surface area contributed by atoms with Gasteiger partial charge in [0.1, 0.15) is 0 Å². The van der Waals surface area contributed by atoms with Crippen LogP contribution in [0.5, 0.6) is 0 Å². The number of hydrogen-bond acceptors (Lipinski definition) is 1. The predicted molar refractivity (Wildman–Crippen MR) is 71.7 cm³/mol. The summed E-state index contributed by atoms with van der Waals surface area (Å²) in [6, 6.07) is 0. The van der Waals surface area contributed by atoms with Crippen molar-refractivity contribution in [2.75, 3.05) is 6.61 Å². The minimum atomic E-state index is -1.55. The van der Waals surface area contributed by atoms with Crippen LogP contribution in [-0.4, -0.2) is 14.9 Å². The largest absolute Gasteiger partial charge is 0.417 e. The summed E-state index contributed by atoms with van der Waals surface area (Å²) in [5.41, 5.74) is 1.25. The van der Waals surface area contributed by atoms with Gasteiger partial charge in [0, 0.05) is 6.61 Å². The predicted octanol–water partition coefficient (Wildman–Crippen LogP) is 4.61. The summed E-state index contributed by atoms with van der Waals surface area (Å²) in [5, 5.41) is 0.315. The SMILES string of the molecule is C=C(C)C[C@@H](C)CO[Si](C)(C)C(C)(C)C. The Labute approximate surface area is 97.0 Å². The second-order valence-electron chi connectivity index (χ2n) is 6.34. The summed E-state index contributed by atoms with van der Waals surface area (Å²) in [4.78, 5) is 0. The summed E-state index contributed by atoms with van der Waals surface area (Å²) >= 11 is 0. The van der Waals surface area contributed by atoms with Gasteiger partial charge >= 0.3 is 0 Å². The molecule has 0 saturated heterocycles. The van der Waals surface area contributed by atoms with Gasteiger partial charge in [0.15, 0.2) is 8.32 Å². The minimum absolute atomic E-state index is 0.315. The van der Waals surface area contributed by atoms with E-state index in [1.54, 1.807) is 0 Å². The highest BCUT2D eigenvalue weighted by atomic mass is 28.4. The molecule has 0 aromatic heterocycles. The third-order valence-corrected chi connectivity index (χ3v) is 7.73. The van der Waals surface area contributed by atoms with Crippen molar-refractivity contribution in [1.82, 2.24) is 0 Å². The van der Waals surface area contributed by atoms with Crippen LogP contribution in [0.3, 0.4) is 0 Å². The van der Waals surface area contributed by atoms with Crippen molar-refractivity contribution in [3.05, 3.63) is 12.2 Å². The molecule has 0 heterocycles. The van der Waals surface area contributed by atoms with Crippen LogP contribution in [0, 0.1) is 5.92 Å². The summed E-state index contributed by atoms with van der Waals surface area (Å²) in [6.07, 6.45) is 1.08. The fourth-order valence-corrected chi connectivity index (χ4v) is 2.36. The molecule has 1 atom stereocenters. The van der Waals surface area contributed by atoms with E-state index < -0.39 is 8.32 Å². The van der Waals surface area contributed by atoms with Gasteiger partial charge in [0.2, 0.25) is 0 Å². The molecule has 0 bridgehead atoms. The molecule has 2 heteroatoms. The van der Waals surface area contributed by atoms with Crippen LogP contribution in [-0.2, 0) is 4.43 Å². The van der Waals surface area contributed by atoms with Crippen molar-refractivity contribution in [2.45, 2.75) is 59.2 Å². The quantitative estimate of drug-likeness (QED) is 0.493. The first-order valence-corrected chi connectivity index (χ1v) is 8.75. The van der Waals surface area contributed by atoms with Gasteiger partial charge in [-0.1, -0.05) is 33.3 Å². The van der Waals surface area contributed by atoms with Crippen LogP contribution < -0.4 is 0 Å². The van der Waals surface area contributed by atoms with Gasteiger partial charge in [-0.15, -0.1) is 6.58 Å². The van der Waals surface area contributed by atoms with Crippen LogP contribution in [0.15, 0.2) is 12.2 Å². The average Bonchev–Trinajstić information content (AvgIpc) is 1.97. The van der Waals surface area contributed by atoms with Gasteiger partial charge < -0.3 is 4.43 Å². The molecule has 15 heavy (non-hydrogen) atoms. The summed E-state index contributed by atoms with van der Waals surface area (Å²) in [7, 11) is -1.55. The maximum Gasteiger partial charge on any atom is 0.191 e. The van der Waals surface area contributed by atoms with Gasteiger partial charge in [-0.2, -0.15) is 0 Å². The van der Waals surface area contributed by atoms with Crippen molar-refractivity contribution in [2.24, 2.45) is 5.92 Å². The molecule has 0 aliphatic rings. The fourth-order valence-electron chi connectivity index (χ4n) is 1.22. The van der Waals surface area contributed by atoms with Crippen molar-refractivity contribution >= 4 is 8.32 Å². The van der Waals surface area contributed by atoms with Gasteiger partial charge in [-0.25, -0.2) is 0 Å². The Kier molecular flexibility index (Phi) is 5.28. The molecule has 0 aliphatic heterocycles. The Morgan fingerprint density at radius 1 is 1.33 bits per heavy atom. The molecule has 0 rings (SSSR count). The van der Waals surface area contributed by atoms with Crippen LogP contribution in [0.4, 0.5) is 0 Å². The van der Waals surface area contributed by atoms with E-state index in [1.807, 2.05) is 0 Å². The molecule has 0 radical (unpaired) electrons. The Morgan fingerprint density at radius 2 is 1.80 bits per heavy atom. The zero-order chi connectivity index (χ0) is 12.3. The zero-order valence-electron chi connectivity index (χ0n) is 11.6. The third-order valence-electron chi connectivity index (χ3n) is 3.23. The third kappa shape index (κ3) is 5.52. The second kappa shape index (κ2) is 5.31. The topological polar surface area (TPSA) is 9.23 Å². The molecule has 0 spiro atoms. The van der Waals surface area contributed by atoms with E-state index in [2.05, 4.69) is 54.3 Å². The van der Waals surface area contributed by atoms with E-state index in [0.29, 0.717) is 11.0 Å². The molecule has 0 amide bonds. The van der Waals surface area contributed by atoms with Crippen molar-refractivity contribution < 1.29 is 4.43 Å². The van der Waals surface area contributed by atoms with Gasteiger partial charge in [-0.3, -0.25) is 0 Å². The molecule has 0 saturated carbocycles. The average molecular weight is 228 g/mol. The number of rotatable bonds is 5. The smallest absolute Gasteiger partial charge is 0.191 e. The van der Waals surface area contributed by atoms with Crippen LogP contribution in [0.2, 0.25) is 18.1 Å². The molecule has 0 aromatic carbocycles. The standard InChI is InChI=1S/C13H28OSi/c1-11(2)9-12(3)10-14-15(7,8)13(4,5)6/h12H,1,9-10H2,2-8H3/t12-/m1/s1. The van der Waals surface area contributed by atoms with E-state index in [0.717, 1.165) is 13.0 Å². The van der Waals surface area contributed by atoms with Gasteiger partial charge in [0.25, 0.3) is 0 Å². The molecule has 0 unspecified atom stereocenters. The molecular weight excluding hydrogens is 200 g/mol. The van der Waals surface area contributed by atoms with Crippen molar-refractivity contribution in [3.63, 3.8) is 0 Å². The summed E-state index contributed by atoms with van der Waals surface area (Å²) in [6.45, 7) is 20.6. The maximum atomic E-state index is 6.15. The molecule has 0 aliphatic carbocycles. The number of hydrogen-bond donors (Lipinski definition) is 0. The highest BCUT2D eigenvalue weighted by molar-refractivity contribution is 6.74. The van der Waals surface area contributed by atoms with E-state index in [9.17, 15) is 0 Å². The van der Waals surface area contributed by atoms with Crippen LogP contribution in [0.25, 0.3) is 0 Å². The van der Waals surface area contributed by atoms with Crippen molar-refractivity contribution in [3.8, 4) is 0 Å². The van der Waals surface area contributed by atoms with E-state index >= 15 is 0 Å². The lowest BCUT2D eigenvalue weighted by molar-refractivity contribution is 0.237. The molecule has 0 fully saturated rings. The summed E-state index contributed by atoms with van der Waals surface area (Å²) in [5.74, 6) is 0.594. The number of allylic oxidation sites excluding steroid dienone is 1. The molecule has 0 N–H and O–H groups in total. The lowest BCUT2D eigenvalue weighted by Gasteiger charge is -2.37. The van der Waals surface area contributed by atoms with Gasteiger partial charge in [0.05, 0.1) is 0 Å². The molecular formula is C13H28OSi. The lowest BCUT2D eigenvalue weighted by atomic mass is 10.1. The minimum Gasteiger partial charge on any atom is -0.417 e. The van der Waals surface area contributed by atoms with Gasteiger partial charge in [-0.05, 0) is 37.4 Å². The highest BCUT2D eigenvalue weighted by Crippen LogP contribution is 2.36. The summed E-state index contributed by atoms with van der Waals surface area (Å²) < 4.78 is 6.15. The van der Waals surface area contributed by atoms with Crippen molar-refractivity contribution in [1.29, 1.82) is 0 Å². The monoisotopic (exact) mass is 228 g/mol. The molecule has 0 aromatic rings. The Bertz CT molecular complexity index is 213. The molecule has 90 valence electrons. The van der Waals surface area contributed by atoms with Crippen LogP contribution >= 0.6 is 0 Å². The lowest BCUT2D eigenvalue weighted by Crippen LogP contribution is -2.41. The van der Waals surface area contributed by atoms with E-state index in [-0.39, 0.29) is 0 Å². The Morgan fingerprint density at radius 3 is 2.13 bits per heavy atom. The van der Waals surface area contributed by atoms with E-state index in [1.165, 1.54) is 5.57 Å². The maximum absolute atomic E-state index is 6.15. The Hall–Kier alpha value is -0.0831. The molecule has 1 nitrogen and oxygen atoms in total. The Balaban J connectivity index is 4.10. The first kappa shape index (κ1) is 14.9. The first-order chi connectivity index (χ1) is 6.56. The second-order valence-corrected chi connectivity index (χ2v) is 11.1. The fraction of sp³-hybridized carbons (Fsp3) is 0.846. The van der Waals surface area contributed by atoms with Crippen LogP contribution in [0.1, 0.15) is 41.0 Å². The first-order valence-electron chi connectivity index (χ1n) is 5.84. The highest BCUT2D eigenvalue weighted by Gasteiger charge is 2.37. The van der Waals surface area contributed by atoms with E-state index in [4.69, 9.17) is 4.43 Å². The normalized spacial score (nSPS) is 15.1.